The Hall–Kier alpha value is -4.66. The van der Waals surface area contributed by atoms with Gasteiger partial charge in [0.25, 0.3) is 0 Å². The molecule has 0 radical (unpaired) electrons. The molecule has 3 aromatic carbocycles. The van der Waals surface area contributed by atoms with Crippen LogP contribution < -0.4 is 4.74 Å². The summed E-state index contributed by atoms with van der Waals surface area (Å²) in [4.78, 5) is 21.8. The summed E-state index contributed by atoms with van der Waals surface area (Å²) in [5.41, 5.74) is 5.00. The van der Waals surface area contributed by atoms with E-state index in [1.165, 1.54) is 7.11 Å². The van der Waals surface area contributed by atoms with Crippen molar-refractivity contribution in [3.8, 4) is 34.1 Å². The highest BCUT2D eigenvalue weighted by Gasteiger charge is 2.17. The summed E-state index contributed by atoms with van der Waals surface area (Å²) >= 11 is 0. The first-order chi connectivity index (χ1) is 17.7. The minimum atomic E-state index is -0.466. The number of nitrogens with zero attached hydrogens (tertiary/aromatic N) is 5. The minimum Gasteiger partial charge on any atom is -0.465 e. The Morgan fingerprint density at radius 2 is 1.75 bits per heavy atom. The fraction of sp³-hybridized carbons (Fsp3) is 0.185. The monoisotopic (exact) mass is 480 g/mol. The van der Waals surface area contributed by atoms with E-state index in [4.69, 9.17) is 19.4 Å². The third-order valence-corrected chi connectivity index (χ3v) is 5.80. The molecule has 0 fully saturated rings. The van der Waals surface area contributed by atoms with Crippen LogP contribution in [0.5, 0.6) is 11.6 Å². The Labute approximate surface area is 207 Å². The minimum absolute atomic E-state index is 0.350. The molecule has 180 valence electrons. The molecule has 2 heterocycles. The summed E-state index contributed by atoms with van der Waals surface area (Å²) in [5, 5.41) is 14.4. The Morgan fingerprint density at radius 3 is 2.47 bits per heavy atom. The summed E-state index contributed by atoms with van der Waals surface area (Å²) < 4.78 is 11.1. The highest BCUT2D eigenvalue weighted by molar-refractivity contribution is 6.01. The zero-order chi connectivity index (χ0) is 24.9. The number of aromatic amines is 1. The van der Waals surface area contributed by atoms with Gasteiger partial charge >= 0.3 is 5.97 Å². The van der Waals surface area contributed by atoms with Crippen LogP contribution in [0.2, 0.25) is 0 Å². The van der Waals surface area contributed by atoms with Gasteiger partial charge in [-0.3, -0.25) is 0 Å². The molecule has 2 aromatic heterocycles. The van der Waals surface area contributed by atoms with Crippen LogP contribution in [0.3, 0.4) is 0 Å². The molecular formula is C27H24N6O3. The summed E-state index contributed by atoms with van der Waals surface area (Å²) in [5.74, 6) is 1.05. The predicted octanol–water partition coefficient (Wildman–Crippen LogP) is 5.40. The van der Waals surface area contributed by atoms with Gasteiger partial charge in [0.1, 0.15) is 17.0 Å². The number of benzene rings is 3. The molecule has 9 nitrogen and oxygen atoms in total. The second-order valence-electron chi connectivity index (χ2n) is 8.15. The molecule has 0 aliphatic carbocycles. The molecule has 0 amide bonds. The van der Waals surface area contributed by atoms with Crippen molar-refractivity contribution in [3.63, 3.8) is 0 Å². The SMILES string of the molecule is CCCCc1nc2cccc(C(=O)OC)c2nc1Oc1ccc(-c2ccccc2-c2nn[nH]n2)cc1. The zero-order valence-electron chi connectivity index (χ0n) is 19.9. The number of aromatic nitrogens is 6. The molecular weight excluding hydrogens is 456 g/mol. The number of rotatable bonds is 8. The van der Waals surface area contributed by atoms with Crippen LogP contribution in [0.25, 0.3) is 33.5 Å². The molecule has 0 spiro atoms. The molecule has 36 heavy (non-hydrogen) atoms. The Bertz CT molecular complexity index is 1500. The lowest BCUT2D eigenvalue weighted by Gasteiger charge is -2.13. The van der Waals surface area contributed by atoms with E-state index in [9.17, 15) is 4.79 Å². The first-order valence-corrected chi connectivity index (χ1v) is 11.7. The van der Waals surface area contributed by atoms with E-state index >= 15 is 0 Å². The Balaban J connectivity index is 1.50. The van der Waals surface area contributed by atoms with Gasteiger partial charge in [0.15, 0.2) is 0 Å². The summed E-state index contributed by atoms with van der Waals surface area (Å²) in [6.45, 7) is 2.12. The van der Waals surface area contributed by atoms with E-state index in [1.54, 1.807) is 12.1 Å². The number of carbonyl (C=O) groups is 1. The second-order valence-corrected chi connectivity index (χ2v) is 8.15. The van der Waals surface area contributed by atoms with Crippen LogP contribution in [0, 0.1) is 0 Å². The van der Waals surface area contributed by atoms with E-state index in [1.807, 2.05) is 54.6 Å². The quantitative estimate of drug-likeness (QED) is 0.294. The number of esters is 1. The van der Waals surface area contributed by atoms with E-state index in [-0.39, 0.29) is 0 Å². The number of hydrogen-bond donors (Lipinski definition) is 1. The number of aryl methyl sites for hydroxylation is 1. The van der Waals surface area contributed by atoms with Gasteiger partial charge < -0.3 is 9.47 Å². The number of ether oxygens (including phenoxy) is 2. The highest BCUT2D eigenvalue weighted by atomic mass is 16.5. The molecule has 0 aliphatic heterocycles. The van der Waals surface area contributed by atoms with Crippen molar-refractivity contribution in [2.75, 3.05) is 7.11 Å². The second kappa shape index (κ2) is 10.3. The number of methoxy groups -OCH3 is 1. The van der Waals surface area contributed by atoms with Gasteiger partial charge in [-0.2, -0.15) is 5.21 Å². The average molecular weight is 481 g/mol. The van der Waals surface area contributed by atoms with E-state index in [0.717, 1.165) is 35.2 Å². The van der Waals surface area contributed by atoms with Gasteiger partial charge in [-0.15, -0.1) is 10.2 Å². The van der Waals surface area contributed by atoms with Gasteiger partial charge in [-0.25, -0.2) is 14.8 Å². The lowest BCUT2D eigenvalue weighted by atomic mass is 9.99. The van der Waals surface area contributed by atoms with Crippen LogP contribution in [-0.4, -0.2) is 43.7 Å². The highest BCUT2D eigenvalue weighted by Crippen LogP contribution is 2.33. The van der Waals surface area contributed by atoms with Crippen molar-refractivity contribution in [1.29, 1.82) is 0 Å². The fourth-order valence-corrected chi connectivity index (χ4v) is 3.98. The normalized spacial score (nSPS) is 10.9. The van der Waals surface area contributed by atoms with Crippen molar-refractivity contribution >= 4 is 17.0 Å². The molecule has 0 saturated carbocycles. The lowest BCUT2D eigenvalue weighted by molar-refractivity contribution is 0.0602. The fourth-order valence-electron chi connectivity index (χ4n) is 3.98. The van der Waals surface area contributed by atoms with E-state index in [0.29, 0.717) is 40.5 Å². The van der Waals surface area contributed by atoms with Gasteiger partial charge in [-0.05, 0) is 53.4 Å². The average Bonchev–Trinajstić information content (AvgIpc) is 3.46. The van der Waals surface area contributed by atoms with Crippen LogP contribution in [0.15, 0.2) is 66.7 Å². The smallest absolute Gasteiger partial charge is 0.340 e. The molecule has 5 aromatic rings. The largest absolute Gasteiger partial charge is 0.465 e. The third-order valence-electron chi connectivity index (χ3n) is 5.80. The molecule has 0 saturated heterocycles. The topological polar surface area (TPSA) is 116 Å². The van der Waals surface area contributed by atoms with E-state index in [2.05, 4.69) is 27.5 Å². The zero-order valence-corrected chi connectivity index (χ0v) is 19.9. The summed E-state index contributed by atoms with van der Waals surface area (Å²) in [7, 11) is 1.35. The van der Waals surface area contributed by atoms with Crippen molar-refractivity contribution in [3.05, 3.63) is 78.0 Å². The molecule has 1 N–H and O–H groups in total. The maximum Gasteiger partial charge on any atom is 0.340 e. The van der Waals surface area contributed by atoms with Crippen molar-refractivity contribution < 1.29 is 14.3 Å². The van der Waals surface area contributed by atoms with Crippen LogP contribution in [0.1, 0.15) is 35.8 Å². The molecule has 9 heteroatoms. The number of unbranched alkanes of at least 4 members (excludes halogenated alkanes) is 1. The number of tetrazole rings is 1. The Morgan fingerprint density at radius 1 is 0.944 bits per heavy atom. The third kappa shape index (κ3) is 4.63. The van der Waals surface area contributed by atoms with Gasteiger partial charge in [0.2, 0.25) is 11.7 Å². The number of carbonyl (C=O) groups excluding carboxylic acids is 1. The molecule has 0 atom stereocenters. The van der Waals surface area contributed by atoms with Crippen LogP contribution in [-0.2, 0) is 11.2 Å². The predicted molar refractivity (Wildman–Crippen MR) is 135 cm³/mol. The van der Waals surface area contributed by atoms with Crippen molar-refractivity contribution in [2.45, 2.75) is 26.2 Å². The molecule has 0 unspecified atom stereocenters. The summed E-state index contributed by atoms with van der Waals surface area (Å²) in [6.07, 6.45) is 2.67. The molecule has 0 bridgehead atoms. The maximum atomic E-state index is 12.3. The first kappa shape index (κ1) is 23.1. The lowest BCUT2D eigenvalue weighted by Crippen LogP contribution is -2.06. The number of fused-ring (bicyclic) bond motifs is 1. The number of nitrogens with one attached hydrogen (secondary N) is 1. The van der Waals surface area contributed by atoms with Crippen molar-refractivity contribution in [1.82, 2.24) is 30.6 Å². The van der Waals surface area contributed by atoms with Gasteiger partial charge in [-0.1, -0.05) is 55.8 Å². The number of hydrogen-bond acceptors (Lipinski definition) is 8. The van der Waals surface area contributed by atoms with E-state index < -0.39 is 5.97 Å². The first-order valence-electron chi connectivity index (χ1n) is 11.7. The Kier molecular flexibility index (Phi) is 6.61. The standard InChI is InChI=1S/C27H24N6O3/c1-3-4-11-23-26(29-24-21(27(34)35-2)10-7-12-22(24)28-23)36-18-15-13-17(14-16-18)19-8-5-6-9-20(19)25-30-32-33-31-25/h5-10,12-16H,3-4,11H2,1-2H3,(H,30,31,32,33). The van der Waals surface area contributed by atoms with Gasteiger partial charge in [0, 0.05) is 5.56 Å². The van der Waals surface area contributed by atoms with Crippen LogP contribution >= 0.6 is 0 Å². The maximum absolute atomic E-state index is 12.3. The number of para-hydroxylation sites is 1. The van der Waals surface area contributed by atoms with Gasteiger partial charge in [0.05, 0.1) is 18.2 Å². The van der Waals surface area contributed by atoms with Crippen LogP contribution in [0.4, 0.5) is 0 Å². The van der Waals surface area contributed by atoms with Crippen molar-refractivity contribution in [2.24, 2.45) is 0 Å². The summed E-state index contributed by atoms with van der Waals surface area (Å²) in [6, 6.07) is 20.8. The molecule has 5 rings (SSSR count). The number of H-pyrrole nitrogens is 1. The molecule has 0 aliphatic rings.